The molecule has 0 bridgehead atoms. The van der Waals surface area contributed by atoms with E-state index in [-0.39, 0.29) is 11.9 Å². The number of fused-ring (bicyclic) bond motifs is 1. The summed E-state index contributed by atoms with van der Waals surface area (Å²) >= 11 is 0. The Kier molecular flexibility index (Phi) is 4.52. The summed E-state index contributed by atoms with van der Waals surface area (Å²) in [5, 5.41) is 0. The smallest absolute Gasteiger partial charge is 0.246 e. The van der Waals surface area contributed by atoms with E-state index in [1.54, 1.807) is 11.2 Å². The first-order valence-electron chi connectivity index (χ1n) is 9.79. The Morgan fingerprint density at radius 3 is 2.47 bits per heavy atom. The van der Waals surface area contributed by atoms with Gasteiger partial charge in [-0.05, 0) is 48.5 Å². The van der Waals surface area contributed by atoms with Crippen LogP contribution in [0.1, 0.15) is 6.04 Å². The monoisotopic (exact) mass is 396 g/mol. The summed E-state index contributed by atoms with van der Waals surface area (Å²) in [6.45, 7) is 4.88. The third kappa shape index (κ3) is 3.22. The Morgan fingerprint density at radius 1 is 1.00 bits per heavy atom. The van der Waals surface area contributed by atoms with Crippen molar-refractivity contribution in [1.82, 2.24) is 19.4 Å². The third-order valence-corrected chi connectivity index (χ3v) is 5.35. The summed E-state index contributed by atoms with van der Waals surface area (Å²) in [5.41, 5.74) is 3.72. The quantitative estimate of drug-likeness (QED) is 0.467. The number of carbonyl (C=O) groups is 1. The second kappa shape index (κ2) is 7.48. The molecule has 2 aromatic carbocycles. The van der Waals surface area contributed by atoms with E-state index in [4.69, 9.17) is 4.74 Å². The van der Waals surface area contributed by atoms with Gasteiger partial charge in [0, 0.05) is 24.8 Å². The molecule has 3 heterocycles. The first kappa shape index (κ1) is 18.1. The van der Waals surface area contributed by atoms with Crippen molar-refractivity contribution in [1.29, 1.82) is 0 Å². The molecule has 1 saturated heterocycles. The molecule has 0 radical (unpaired) electrons. The molecule has 0 saturated carbocycles. The van der Waals surface area contributed by atoms with Crippen LogP contribution in [0.2, 0.25) is 0 Å². The van der Waals surface area contributed by atoms with Crippen LogP contribution in [-0.4, -0.2) is 38.4 Å². The highest BCUT2D eigenvalue weighted by Crippen LogP contribution is 2.33. The maximum Gasteiger partial charge on any atom is 0.246 e. The second-order valence-electron chi connectivity index (χ2n) is 7.22. The van der Waals surface area contributed by atoms with Crippen LogP contribution in [0.5, 0.6) is 11.5 Å². The SMILES string of the molecule is C=CC(=O)N1CC(n2ccc3ncnc(-c4ccc(Oc5ccccc5)cc4)c32)C1. The Bertz CT molecular complexity index is 1210. The average Bonchev–Trinajstić information content (AvgIpc) is 3.18. The van der Waals surface area contributed by atoms with Crippen LogP contribution in [0.4, 0.5) is 0 Å². The number of nitrogens with zero attached hydrogens (tertiary/aromatic N) is 4. The fraction of sp³-hybridized carbons (Fsp3) is 0.125. The summed E-state index contributed by atoms with van der Waals surface area (Å²) in [6, 6.07) is 19.8. The molecule has 148 valence electrons. The highest BCUT2D eigenvalue weighted by atomic mass is 16.5. The molecule has 0 aliphatic carbocycles. The van der Waals surface area contributed by atoms with Crippen molar-refractivity contribution < 1.29 is 9.53 Å². The van der Waals surface area contributed by atoms with Gasteiger partial charge in [-0.25, -0.2) is 9.97 Å². The number of amides is 1. The van der Waals surface area contributed by atoms with Gasteiger partial charge >= 0.3 is 0 Å². The lowest BCUT2D eigenvalue weighted by atomic mass is 10.1. The molecular formula is C24H20N4O2. The molecule has 1 fully saturated rings. The summed E-state index contributed by atoms with van der Waals surface area (Å²) in [4.78, 5) is 22.6. The predicted molar refractivity (Wildman–Crippen MR) is 115 cm³/mol. The summed E-state index contributed by atoms with van der Waals surface area (Å²) < 4.78 is 8.06. The number of benzene rings is 2. The van der Waals surface area contributed by atoms with E-state index < -0.39 is 0 Å². The molecule has 0 spiro atoms. The van der Waals surface area contributed by atoms with Gasteiger partial charge in [0.1, 0.15) is 17.8 Å². The first-order chi connectivity index (χ1) is 14.7. The zero-order chi connectivity index (χ0) is 20.5. The van der Waals surface area contributed by atoms with Crippen molar-refractivity contribution in [3.05, 3.63) is 85.8 Å². The Labute approximate surface area is 174 Å². The van der Waals surface area contributed by atoms with E-state index in [2.05, 4.69) is 21.1 Å². The maximum absolute atomic E-state index is 11.8. The molecule has 0 N–H and O–H groups in total. The number of rotatable bonds is 5. The van der Waals surface area contributed by atoms with Crippen LogP contribution in [0, 0.1) is 0 Å². The lowest BCUT2D eigenvalue weighted by molar-refractivity contribution is -0.131. The Hall–Kier alpha value is -3.93. The molecule has 5 rings (SSSR count). The molecular weight excluding hydrogens is 376 g/mol. The number of hydrogen-bond acceptors (Lipinski definition) is 4. The normalized spacial score (nSPS) is 13.8. The van der Waals surface area contributed by atoms with Crippen LogP contribution in [0.25, 0.3) is 22.3 Å². The molecule has 6 nitrogen and oxygen atoms in total. The Balaban J connectivity index is 1.44. The van der Waals surface area contributed by atoms with Crippen molar-refractivity contribution in [2.24, 2.45) is 0 Å². The van der Waals surface area contributed by atoms with Crippen LogP contribution in [-0.2, 0) is 4.79 Å². The second-order valence-corrected chi connectivity index (χ2v) is 7.22. The zero-order valence-electron chi connectivity index (χ0n) is 16.3. The van der Waals surface area contributed by atoms with Crippen LogP contribution < -0.4 is 4.74 Å². The minimum atomic E-state index is -0.0341. The number of para-hydroxylation sites is 1. The summed E-state index contributed by atoms with van der Waals surface area (Å²) in [5.74, 6) is 1.53. The van der Waals surface area contributed by atoms with Gasteiger partial charge in [0.05, 0.1) is 22.8 Å². The standard InChI is InChI=1S/C24H20N4O2/c1-2-22(29)27-14-18(15-27)28-13-12-21-24(28)23(26-16-25-21)17-8-10-20(11-9-17)30-19-6-4-3-5-7-19/h2-13,16,18H,1,14-15H2. The van der Waals surface area contributed by atoms with Crippen molar-refractivity contribution in [2.75, 3.05) is 13.1 Å². The van der Waals surface area contributed by atoms with E-state index >= 15 is 0 Å². The topological polar surface area (TPSA) is 60.2 Å². The van der Waals surface area contributed by atoms with E-state index in [0.717, 1.165) is 33.8 Å². The summed E-state index contributed by atoms with van der Waals surface area (Å²) in [7, 11) is 0. The van der Waals surface area contributed by atoms with Gasteiger partial charge in [0.25, 0.3) is 0 Å². The lowest BCUT2D eigenvalue weighted by Crippen LogP contribution is -2.49. The largest absolute Gasteiger partial charge is 0.457 e. The van der Waals surface area contributed by atoms with Gasteiger partial charge in [0.15, 0.2) is 0 Å². The number of carbonyl (C=O) groups excluding carboxylic acids is 1. The van der Waals surface area contributed by atoms with Crippen LogP contribution in [0.3, 0.4) is 0 Å². The average molecular weight is 396 g/mol. The van der Waals surface area contributed by atoms with Crippen molar-refractivity contribution >= 4 is 16.9 Å². The molecule has 6 heteroatoms. The van der Waals surface area contributed by atoms with Crippen molar-refractivity contribution in [2.45, 2.75) is 6.04 Å². The fourth-order valence-corrected chi connectivity index (χ4v) is 3.76. The molecule has 0 atom stereocenters. The molecule has 1 aliphatic rings. The number of hydrogen-bond donors (Lipinski definition) is 0. The van der Waals surface area contributed by atoms with E-state index in [0.29, 0.717) is 13.1 Å². The van der Waals surface area contributed by atoms with Gasteiger partial charge in [-0.2, -0.15) is 0 Å². The van der Waals surface area contributed by atoms with Gasteiger partial charge in [0.2, 0.25) is 5.91 Å². The number of ether oxygens (including phenoxy) is 1. The minimum Gasteiger partial charge on any atom is -0.457 e. The van der Waals surface area contributed by atoms with E-state index in [1.807, 2.05) is 66.9 Å². The van der Waals surface area contributed by atoms with Crippen LogP contribution >= 0.6 is 0 Å². The van der Waals surface area contributed by atoms with Gasteiger partial charge in [-0.3, -0.25) is 4.79 Å². The van der Waals surface area contributed by atoms with Crippen molar-refractivity contribution in [3.8, 4) is 22.8 Å². The number of aromatic nitrogens is 3. The molecule has 4 aromatic rings. The van der Waals surface area contributed by atoms with Gasteiger partial charge in [-0.1, -0.05) is 24.8 Å². The highest BCUT2D eigenvalue weighted by molar-refractivity contribution is 5.90. The minimum absolute atomic E-state index is 0.0341. The lowest BCUT2D eigenvalue weighted by Gasteiger charge is -2.39. The number of likely N-dealkylation sites (tertiary alicyclic amines) is 1. The van der Waals surface area contributed by atoms with Crippen molar-refractivity contribution in [3.63, 3.8) is 0 Å². The van der Waals surface area contributed by atoms with Gasteiger partial charge in [-0.15, -0.1) is 0 Å². The molecule has 0 unspecified atom stereocenters. The maximum atomic E-state index is 11.8. The fourth-order valence-electron chi connectivity index (χ4n) is 3.76. The molecule has 1 aliphatic heterocycles. The van der Waals surface area contributed by atoms with E-state index in [1.165, 1.54) is 6.08 Å². The van der Waals surface area contributed by atoms with Crippen LogP contribution in [0.15, 0.2) is 85.8 Å². The Morgan fingerprint density at radius 2 is 1.73 bits per heavy atom. The zero-order valence-corrected chi connectivity index (χ0v) is 16.3. The predicted octanol–water partition coefficient (Wildman–Crippen LogP) is 4.46. The highest BCUT2D eigenvalue weighted by Gasteiger charge is 2.31. The molecule has 2 aromatic heterocycles. The van der Waals surface area contributed by atoms with E-state index in [9.17, 15) is 4.79 Å². The summed E-state index contributed by atoms with van der Waals surface area (Å²) in [6.07, 6.45) is 4.97. The molecule has 30 heavy (non-hydrogen) atoms. The molecule has 1 amide bonds. The first-order valence-corrected chi connectivity index (χ1v) is 9.79. The third-order valence-electron chi connectivity index (χ3n) is 5.35. The van der Waals surface area contributed by atoms with Gasteiger partial charge < -0.3 is 14.2 Å².